The summed E-state index contributed by atoms with van der Waals surface area (Å²) in [7, 11) is 0. The minimum absolute atomic E-state index is 0.0251. The summed E-state index contributed by atoms with van der Waals surface area (Å²) in [6.45, 7) is 4.31. The van der Waals surface area contributed by atoms with E-state index >= 15 is 0 Å². The summed E-state index contributed by atoms with van der Waals surface area (Å²) in [6.07, 6.45) is 0.838. The molecule has 1 atom stereocenters. The highest BCUT2D eigenvalue weighted by molar-refractivity contribution is 6.30. The average molecular weight is 253 g/mol. The second kappa shape index (κ2) is 5.52. The zero-order chi connectivity index (χ0) is 12.3. The molecule has 0 aromatic heterocycles. The first-order valence-electron chi connectivity index (χ1n) is 5.97. The standard InChI is InChI=1S/C13H17ClN2O/c1-2-12-13(17)16(7-6-15-12)9-10-4-3-5-11(14)8-10/h3-5,8,12,15H,2,6-7,9H2,1H3. The van der Waals surface area contributed by atoms with Crippen LogP contribution in [0.4, 0.5) is 0 Å². The number of hydrogen-bond donors (Lipinski definition) is 1. The molecule has 3 nitrogen and oxygen atoms in total. The van der Waals surface area contributed by atoms with Gasteiger partial charge in [-0.25, -0.2) is 0 Å². The van der Waals surface area contributed by atoms with E-state index in [-0.39, 0.29) is 11.9 Å². The summed E-state index contributed by atoms with van der Waals surface area (Å²) in [6, 6.07) is 7.66. The van der Waals surface area contributed by atoms with Gasteiger partial charge in [0.2, 0.25) is 5.91 Å². The second-order valence-electron chi connectivity index (χ2n) is 4.30. The number of amides is 1. The Morgan fingerprint density at radius 3 is 3.06 bits per heavy atom. The average Bonchev–Trinajstić information content (AvgIpc) is 2.32. The lowest BCUT2D eigenvalue weighted by atomic mass is 10.1. The molecule has 4 heteroatoms. The number of halogens is 1. The molecule has 0 spiro atoms. The number of piperazine rings is 1. The smallest absolute Gasteiger partial charge is 0.240 e. The van der Waals surface area contributed by atoms with Crippen LogP contribution in [0.1, 0.15) is 18.9 Å². The molecule has 1 aliphatic heterocycles. The van der Waals surface area contributed by atoms with Gasteiger partial charge in [0.05, 0.1) is 6.04 Å². The van der Waals surface area contributed by atoms with Gasteiger partial charge in [-0.2, -0.15) is 0 Å². The first-order valence-corrected chi connectivity index (χ1v) is 6.35. The summed E-state index contributed by atoms with van der Waals surface area (Å²) in [4.78, 5) is 14.0. The van der Waals surface area contributed by atoms with E-state index in [2.05, 4.69) is 5.32 Å². The van der Waals surface area contributed by atoms with E-state index in [0.717, 1.165) is 30.1 Å². The molecule has 0 bridgehead atoms. The molecule has 1 saturated heterocycles. The van der Waals surface area contributed by atoms with Crippen LogP contribution in [-0.2, 0) is 11.3 Å². The van der Waals surface area contributed by atoms with Gasteiger partial charge in [0, 0.05) is 24.7 Å². The van der Waals surface area contributed by atoms with Crippen LogP contribution in [0, 0.1) is 0 Å². The number of carbonyl (C=O) groups is 1. The van der Waals surface area contributed by atoms with Crippen molar-refractivity contribution >= 4 is 17.5 Å². The maximum absolute atomic E-state index is 12.1. The molecule has 0 radical (unpaired) electrons. The van der Waals surface area contributed by atoms with Crippen molar-refractivity contribution in [1.82, 2.24) is 10.2 Å². The number of nitrogens with zero attached hydrogens (tertiary/aromatic N) is 1. The molecule has 1 aliphatic rings. The molecule has 0 saturated carbocycles. The van der Waals surface area contributed by atoms with Crippen molar-refractivity contribution in [2.24, 2.45) is 0 Å². The number of rotatable bonds is 3. The Morgan fingerprint density at radius 1 is 1.53 bits per heavy atom. The van der Waals surface area contributed by atoms with Crippen molar-refractivity contribution in [2.75, 3.05) is 13.1 Å². The number of hydrogen-bond acceptors (Lipinski definition) is 2. The van der Waals surface area contributed by atoms with Gasteiger partial charge in [-0.3, -0.25) is 4.79 Å². The molecule has 1 N–H and O–H groups in total. The van der Waals surface area contributed by atoms with Crippen LogP contribution in [0.25, 0.3) is 0 Å². The second-order valence-corrected chi connectivity index (χ2v) is 4.74. The molecule has 1 fully saturated rings. The Morgan fingerprint density at radius 2 is 2.35 bits per heavy atom. The van der Waals surface area contributed by atoms with Crippen molar-refractivity contribution < 1.29 is 4.79 Å². The molecule has 1 heterocycles. The van der Waals surface area contributed by atoms with Crippen molar-refractivity contribution in [1.29, 1.82) is 0 Å². The highest BCUT2D eigenvalue weighted by Gasteiger charge is 2.26. The first kappa shape index (κ1) is 12.4. The van der Waals surface area contributed by atoms with E-state index in [1.165, 1.54) is 0 Å². The lowest BCUT2D eigenvalue weighted by Gasteiger charge is -2.32. The van der Waals surface area contributed by atoms with Gasteiger partial charge < -0.3 is 10.2 Å². The van der Waals surface area contributed by atoms with Crippen LogP contribution >= 0.6 is 11.6 Å². The molecule has 0 aliphatic carbocycles. The van der Waals surface area contributed by atoms with E-state index in [9.17, 15) is 4.79 Å². The van der Waals surface area contributed by atoms with Crippen molar-refractivity contribution in [3.05, 3.63) is 34.9 Å². The van der Waals surface area contributed by atoms with E-state index in [1.807, 2.05) is 36.1 Å². The van der Waals surface area contributed by atoms with Crippen LogP contribution in [-0.4, -0.2) is 29.9 Å². The largest absolute Gasteiger partial charge is 0.336 e. The van der Waals surface area contributed by atoms with Gasteiger partial charge in [0.25, 0.3) is 0 Å². The van der Waals surface area contributed by atoms with Crippen LogP contribution in [0.2, 0.25) is 5.02 Å². The van der Waals surface area contributed by atoms with Crippen LogP contribution in [0.3, 0.4) is 0 Å². The molecular formula is C13H17ClN2O. The van der Waals surface area contributed by atoms with Crippen molar-refractivity contribution in [3.8, 4) is 0 Å². The van der Waals surface area contributed by atoms with Gasteiger partial charge >= 0.3 is 0 Å². The molecule has 92 valence electrons. The lowest BCUT2D eigenvalue weighted by molar-refractivity contribution is -0.136. The minimum atomic E-state index is -0.0251. The third-order valence-electron chi connectivity index (χ3n) is 3.05. The van der Waals surface area contributed by atoms with Gasteiger partial charge in [-0.15, -0.1) is 0 Å². The summed E-state index contributed by atoms with van der Waals surface area (Å²) < 4.78 is 0. The Balaban J connectivity index is 2.05. The molecule has 1 unspecified atom stereocenters. The highest BCUT2D eigenvalue weighted by Crippen LogP contribution is 2.14. The van der Waals surface area contributed by atoms with Crippen LogP contribution in [0.5, 0.6) is 0 Å². The van der Waals surface area contributed by atoms with Gasteiger partial charge in [-0.1, -0.05) is 30.7 Å². The summed E-state index contributed by atoms with van der Waals surface area (Å²) in [5.41, 5.74) is 1.09. The molecule has 2 rings (SSSR count). The zero-order valence-corrected chi connectivity index (χ0v) is 10.7. The number of carbonyl (C=O) groups excluding carboxylic acids is 1. The van der Waals surface area contributed by atoms with Crippen LogP contribution < -0.4 is 5.32 Å². The normalized spacial score (nSPS) is 20.7. The fraction of sp³-hybridized carbons (Fsp3) is 0.462. The quantitative estimate of drug-likeness (QED) is 0.893. The molecular weight excluding hydrogens is 236 g/mol. The molecule has 1 amide bonds. The van der Waals surface area contributed by atoms with Gasteiger partial charge in [-0.05, 0) is 24.1 Å². The summed E-state index contributed by atoms with van der Waals surface area (Å²) in [5.74, 6) is 0.193. The Labute approximate surface area is 107 Å². The van der Waals surface area contributed by atoms with Crippen molar-refractivity contribution in [3.63, 3.8) is 0 Å². The Hall–Kier alpha value is -1.06. The Kier molecular flexibility index (Phi) is 4.02. The number of nitrogens with one attached hydrogen (secondary N) is 1. The minimum Gasteiger partial charge on any atom is -0.336 e. The predicted molar refractivity (Wildman–Crippen MR) is 69.0 cm³/mol. The van der Waals surface area contributed by atoms with E-state index < -0.39 is 0 Å². The van der Waals surface area contributed by atoms with E-state index in [0.29, 0.717) is 6.54 Å². The zero-order valence-electron chi connectivity index (χ0n) is 9.95. The topological polar surface area (TPSA) is 32.3 Å². The fourth-order valence-corrected chi connectivity index (χ4v) is 2.34. The summed E-state index contributed by atoms with van der Waals surface area (Å²) in [5, 5.41) is 3.95. The predicted octanol–water partition coefficient (Wildman–Crippen LogP) is 2.05. The monoisotopic (exact) mass is 252 g/mol. The fourth-order valence-electron chi connectivity index (χ4n) is 2.12. The first-order chi connectivity index (χ1) is 8.20. The third kappa shape index (κ3) is 2.99. The molecule has 1 aromatic carbocycles. The van der Waals surface area contributed by atoms with E-state index in [4.69, 9.17) is 11.6 Å². The maximum atomic E-state index is 12.1. The third-order valence-corrected chi connectivity index (χ3v) is 3.29. The SMILES string of the molecule is CCC1NCCN(Cc2cccc(Cl)c2)C1=O. The van der Waals surface area contributed by atoms with Crippen molar-refractivity contribution in [2.45, 2.75) is 25.9 Å². The van der Waals surface area contributed by atoms with E-state index in [1.54, 1.807) is 0 Å². The number of benzene rings is 1. The lowest BCUT2D eigenvalue weighted by Crippen LogP contribution is -2.54. The highest BCUT2D eigenvalue weighted by atomic mass is 35.5. The Bertz CT molecular complexity index is 408. The molecule has 1 aromatic rings. The van der Waals surface area contributed by atoms with Crippen LogP contribution in [0.15, 0.2) is 24.3 Å². The van der Waals surface area contributed by atoms with Gasteiger partial charge in [0.1, 0.15) is 0 Å². The van der Waals surface area contributed by atoms with Gasteiger partial charge in [0.15, 0.2) is 0 Å². The summed E-state index contributed by atoms with van der Waals surface area (Å²) >= 11 is 5.94. The molecule has 17 heavy (non-hydrogen) atoms. The maximum Gasteiger partial charge on any atom is 0.240 e.